The van der Waals surface area contributed by atoms with E-state index in [-0.39, 0.29) is 11.7 Å². The van der Waals surface area contributed by atoms with Gasteiger partial charge in [-0.1, -0.05) is 31.7 Å². The summed E-state index contributed by atoms with van der Waals surface area (Å²) >= 11 is 2.93. The Kier molecular flexibility index (Phi) is 6.80. The second-order valence-electron chi connectivity index (χ2n) is 5.65. The van der Waals surface area contributed by atoms with Crippen LogP contribution in [0.5, 0.6) is 0 Å². The molecule has 0 saturated carbocycles. The molecule has 0 aliphatic rings. The molecule has 0 spiro atoms. The van der Waals surface area contributed by atoms with Gasteiger partial charge in [0.05, 0.1) is 5.75 Å². The van der Waals surface area contributed by atoms with Crippen LogP contribution in [0.4, 0.5) is 4.79 Å². The van der Waals surface area contributed by atoms with E-state index in [1.165, 1.54) is 16.6 Å². The first kappa shape index (κ1) is 18.5. The molecule has 130 valence electrons. The molecule has 0 bridgehead atoms. The van der Waals surface area contributed by atoms with Gasteiger partial charge in [0.1, 0.15) is 5.82 Å². The summed E-state index contributed by atoms with van der Waals surface area (Å²) in [6, 6.07) is 3.58. The minimum absolute atomic E-state index is 0.111. The summed E-state index contributed by atoms with van der Waals surface area (Å²) in [5.74, 6) is 0.930. The molecule has 24 heavy (non-hydrogen) atoms. The number of hydrogen-bond acceptors (Lipinski definition) is 6. The van der Waals surface area contributed by atoms with Gasteiger partial charge in [0.15, 0.2) is 5.16 Å². The van der Waals surface area contributed by atoms with Gasteiger partial charge >= 0.3 is 6.03 Å². The van der Waals surface area contributed by atoms with Crippen molar-refractivity contribution in [3.63, 3.8) is 0 Å². The van der Waals surface area contributed by atoms with E-state index in [4.69, 9.17) is 0 Å². The van der Waals surface area contributed by atoms with Crippen LogP contribution in [0.3, 0.4) is 0 Å². The first-order valence-electron chi connectivity index (χ1n) is 7.57. The molecule has 0 saturated heterocycles. The summed E-state index contributed by atoms with van der Waals surface area (Å²) in [4.78, 5) is 24.5. The highest BCUT2D eigenvalue weighted by molar-refractivity contribution is 7.99. The smallest absolute Gasteiger partial charge is 0.321 e. The average Bonchev–Trinajstić information content (AvgIpc) is 3.15. The highest BCUT2D eigenvalue weighted by Gasteiger charge is 2.13. The zero-order valence-electron chi connectivity index (χ0n) is 13.9. The lowest BCUT2D eigenvalue weighted by atomic mass is 10.2. The molecule has 0 unspecified atom stereocenters. The predicted molar refractivity (Wildman–Crippen MR) is 95.2 cm³/mol. The normalized spacial score (nSPS) is 10.8. The molecular formula is C15H21N5O2S2. The Balaban J connectivity index is 1.80. The number of urea groups is 1. The second-order valence-corrected chi connectivity index (χ2v) is 7.63. The standard InChI is InChI=1S/C15H21N5O2S2/c1-10(2)8-16-14(22)17-13(21)9-24-15-19-18-12(20(15)3)7-11-5-4-6-23-11/h4-6,10H,7-9H2,1-3H3,(H2,16,17,21,22). The van der Waals surface area contributed by atoms with Crippen LogP contribution in [-0.4, -0.2) is 39.0 Å². The van der Waals surface area contributed by atoms with Crippen molar-refractivity contribution < 1.29 is 9.59 Å². The first-order valence-corrected chi connectivity index (χ1v) is 9.43. The SMILES string of the molecule is CC(C)CNC(=O)NC(=O)CSc1nnc(Cc2cccs2)n1C. The number of nitrogens with one attached hydrogen (secondary N) is 2. The molecule has 0 aliphatic carbocycles. The number of thiophene rings is 1. The van der Waals surface area contributed by atoms with Gasteiger partial charge in [-0.3, -0.25) is 10.1 Å². The lowest BCUT2D eigenvalue weighted by Gasteiger charge is -2.08. The number of nitrogens with zero attached hydrogens (tertiary/aromatic N) is 3. The minimum atomic E-state index is -0.467. The Bertz CT molecular complexity index is 682. The third kappa shape index (κ3) is 5.64. The van der Waals surface area contributed by atoms with E-state index in [1.807, 2.05) is 36.9 Å². The third-order valence-electron chi connectivity index (χ3n) is 3.09. The van der Waals surface area contributed by atoms with Crippen molar-refractivity contribution in [3.8, 4) is 0 Å². The van der Waals surface area contributed by atoms with Crippen LogP contribution < -0.4 is 10.6 Å². The first-order chi connectivity index (χ1) is 11.5. The molecule has 0 fully saturated rings. The second kappa shape index (κ2) is 8.84. The Hall–Kier alpha value is -1.87. The van der Waals surface area contributed by atoms with Crippen molar-refractivity contribution in [2.24, 2.45) is 13.0 Å². The molecule has 3 amide bonds. The van der Waals surface area contributed by atoms with Gasteiger partial charge in [-0.25, -0.2) is 4.79 Å². The largest absolute Gasteiger partial charge is 0.338 e. The lowest BCUT2D eigenvalue weighted by Crippen LogP contribution is -2.41. The molecule has 7 nitrogen and oxygen atoms in total. The topological polar surface area (TPSA) is 88.9 Å². The number of rotatable bonds is 7. The predicted octanol–water partition coefficient (Wildman–Crippen LogP) is 2.04. The van der Waals surface area contributed by atoms with Crippen molar-refractivity contribution in [1.82, 2.24) is 25.4 Å². The minimum Gasteiger partial charge on any atom is -0.338 e. The zero-order valence-corrected chi connectivity index (χ0v) is 15.5. The summed E-state index contributed by atoms with van der Waals surface area (Å²) < 4.78 is 1.87. The number of carbonyl (C=O) groups is 2. The van der Waals surface area contributed by atoms with Crippen LogP contribution in [-0.2, 0) is 18.3 Å². The van der Waals surface area contributed by atoms with Crippen molar-refractivity contribution in [1.29, 1.82) is 0 Å². The van der Waals surface area contributed by atoms with Gasteiger partial charge in [0.2, 0.25) is 5.91 Å². The molecule has 0 aliphatic heterocycles. The molecule has 2 aromatic rings. The number of aromatic nitrogens is 3. The van der Waals surface area contributed by atoms with Gasteiger partial charge in [-0.15, -0.1) is 21.5 Å². The summed E-state index contributed by atoms with van der Waals surface area (Å²) in [6.45, 7) is 4.50. The Labute approximate surface area is 149 Å². The maximum atomic E-state index is 11.8. The number of hydrogen-bond donors (Lipinski definition) is 2. The van der Waals surface area contributed by atoms with Crippen molar-refractivity contribution in [3.05, 3.63) is 28.2 Å². The van der Waals surface area contributed by atoms with Crippen LogP contribution >= 0.6 is 23.1 Å². The quantitative estimate of drug-likeness (QED) is 0.731. The van der Waals surface area contributed by atoms with Crippen molar-refractivity contribution in [2.45, 2.75) is 25.4 Å². The Morgan fingerprint density at radius 3 is 2.83 bits per heavy atom. The van der Waals surface area contributed by atoms with E-state index in [2.05, 4.69) is 26.9 Å². The fourth-order valence-corrected chi connectivity index (χ4v) is 3.26. The molecule has 9 heteroatoms. The van der Waals surface area contributed by atoms with E-state index in [9.17, 15) is 9.59 Å². The van der Waals surface area contributed by atoms with Crippen molar-refractivity contribution in [2.75, 3.05) is 12.3 Å². The van der Waals surface area contributed by atoms with E-state index in [0.717, 1.165) is 5.82 Å². The third-order valence-corrected chi connectivity index (χ3v) is 4.99. The summed E-state index contributed by atoms with van der Waals surface area (Å²) in [5, 5.41) is 15.9. The van der Waals surface area contributed by atoms with E-state index in [0.29, 0.717) is 24.0 Å². The van der Waals surface area contributed by atoms with E-state index >= 15 is 0 Å². The molecule has 2 rings (SSSR count). The summed E-state index contributed by atoms with van der Waals surface area (Å²) in [6.07, 6.45) is 0.714. The van der Waals surface area contributed by atoms with Crippen molar-refractivity contribution >= 4 is 35.0 Å². The van der Waals surface area contributed by atoms with Gasteiger partial charge in [-0.2, -0.15) is 0 Å². The number of amides is 3. The van der Waals surface area contributed by atoms with Crippen LogP contribution in [0.25, 0.3) is 0 Å². The van der Waals surface area contributed by atoms with Gasteiger partial charge < -0.3 is 9.88 Å². The molecule has 0 radical (unpaired) electrons. The fourth-order valence-electron chi connectivity index (χ4n) is 1.83. The summed E-state index contributed by atoms with van der Waals surface area (Å²) in [7, 11) is 1.87. The van der Waals surface area contributed by atoms with E-state index < -0.39 is 6.03 Å². The number of thioether (sulfide) groups is 1. The maximum absolute atomic E-state index is 11.8. The number of imide groups is 1. The van der Waals surface area contributed by atoms with Crippen LogP contribution in [0.2, 0.25) is 0 Å². The average molecular weight is 368 g/mol. The summed E-state index contributed by atoms with van der Waals surface area (Å²) in [5.41, 5.74) is 0. The maximum Gasteiger partial charge on any atom is 0.321 e. The monoisotopic (exact) mass is 367 g/mol. The Morgan fingerprint density at radius 1 is 1.38 bits per heavy atom. The highest BCUT2D eigenvalue weighted by atomic mass is 32.2. The van der Waals surface area contributed by atoms with Gasteiger partial charge in [0.25, 0.3) is 0 Å². The fraction of sp³-hybridized carbons (Fsp3) is 0.467. The molecule has 0 atom stereocenters. The molecule has 2 heterocycles. The lowest BCUT2D eigenvalue weighted by molar-refractivity contribution is -0.117. The number of carbonyl (C=O) groups excluding carboxylic acids is 2. The molecule has 0 aromatic carbocycles. The molecule has 2 aromatic heterocycles. The molecular weight excluding hydrogens is 346 g/mol. The zero-order chi connectivity index (χ0) is 17.5. The molecule has 2 N–H and O–H groups in total. The van der Waals surface area contributed by atoms with Crippen LogP contribution in [0, 0.1) is 5.92 Å². The van der Waals surface area contributed by atoms with Gasteiger partial charge in [0, 0.05) is 24.9 Å². The Morgan fingerprint density at radius 2 is 2.17 bits per heavy atom. The van der Waals surface area contributed by atoms with E-state index in [1.54, 1.807) is 11.3 Å². The van der Waals surface area contributed by atoms with Crippen LogP contribution in [0.15, 0.2) is 22.7 Å². The highest BCUT2D eigenvalue weighted by Crippen LogP contribution is 2.18. The van der Waals surface area contributed by atoms with Gasteiger partial charge in [-0.05, 0) is 17.4 Å². The van der Waals surface area contributed by atoms with Crippen LogP contribution in [0.1, 0.15) is 24.5 Å².